The predicted molar refractivity (Wildman–Crippen MR) is 58.6 cm³/mol. The van der Waals surface area contributed by atoms with Crippen molar-refractivity contribution in [3.05, 3.63) is 20.8 Å². The van der Waals surface area contributed by atoms with Gasteiger partial charge in [0, 0.05) is 15.4 Å². The average Bonchev–Trinajstić information content (AvgIpc) is 2.37. The third-order valence-corrected chi connectivity index (χ3v) is 3.75. The summed E-state index contributed by atoms with van der Waals surface area (Å²) in [6.07, 6.45) is 3.29. The van der Waals surface area contributed by atoms with Crippen LogP contribution in [0.4, 0.5) is 0 Å². The molecular formula is C9H14BrNS. The van der Waals surface area contributed by atoms with Crippen LogP contribution < -0.4 is 5.73 Å². The summed E-state index contributed by atoms with van der Waals surface area (Å²) < 4.78 is 1.21. The highest BCUT2D eigenvalue weighted by molar-refractivity contribution is 9.10. The lowest BCUT2D eigenvalue weighted by Crippen LogP contribution is -2.21. The molecule has 68 valence electrons. The zero-order valence-electron chi connectivity index (χ0n) is 7.22. The Morgan fingerprint density at radius 1 is 1.67 bits per heavy atom. The highest BCUT2D eigenvalue weighted by atomic mass is 79.9. The fourth-order valence-corrected chi connectivity index (χ4v) is 2.79. The molecule has 1 rings (SSSR count). The van der Waals surface area contributed by atoms with Gasteiger partial charge < -0.3 is 5.73 Å². The first-order valence-electron chi connectivity index (χ1n) is 4.21. The molecule has 0 aromatic carbocycles. The molecule has 0 bridgehead atoms. The van der Waals surface area contributed by atoms with Gasteiger partial charge in [-0.2, -0.15) is 0 Å². The van der Waals surface area contributed by atoms with Crippen LogP contribution >= 0.6 is 27.3 Å². The number of hydrogen-bond acceptors (Lipinski definition) is 2. The molecular weight excluding hydrogens is 234 g/mol. The van der Waals surface area contributed by atoms with Gasteiger partial charge in [0.25, 0.3) is 0 Å². The topological polar surface area (TPSA) is 26.0 Å². The van der Waals surface area contributed by atoms with E-state index in [1.165, 1.54) is 15.8 Å². The molecule has 0 fully saturated rings. The van der Waals surface area contributed by atoms with Crippen molar-refractivity contribution in [2.45, 2.75) is 32.2 Å². The van der Waals surface area contributed by atoms with Crippen LogP contribution in [-0.2, 0) is 6.42 Å². The van der Waals surface area contributed by atoms with Gasteiger partial charge in [0.15, 0.2) is 0 Å². The summed E-state index contributed by atoms with van der Waals surface area (Å²) in [7, 11) is 0. The molecule has 0 aliphatic carbocycles. The maximum absolute atomic E-state index is 5.93. The fourth-order valence-electron chi connectivity index (χ4n) is 1.18. The Balaban J connectivity index is 2.46. The van der Waals surface area contributed by atoms with Crippen molar-refractivity contribution in [3.8, 4) is 0 Å². The van der Waals surface area contributed by atoms with E-state index < -0.39 is 0 Å². The van der Waals surface area contributed by atoms with Gasteiger partial charge in [0.05, 0.1) is 0 Å². The van der Waals surface area contributed by atoms with Crippen molar-refractivity contribution in [3.63, 3.8) is 0 Å². The van der Waals surface area contributed by atoms with Crippen LogP contribution in [-0.4, -0.2) is 6.04 Å². The molecule has 3 heteroatoms. The second-order valence-corrected chi connectivity index (χ2v) is 4.80. The van der Waals surface area contributed by atoms with E-state index in [-0.39, 0.29) is 0 Å². The number of nitrogens with two attached hydrogens (primary N) is 1. The van der Waals surface area contributed by atoms with E-state index in [0.717, 1.165) is 12.8 Å². The standard InChI is InChI=1S/C9H14BrNS/c1-2-3-7(11)6-9-8(10)4-5-12-9/h4-5,7H,2-3,6,11H2,1H3. The lowest BCUT2D eigenvalue weighted by Gasteiger charge is -2.08. The van der Waals surface area contributed by atoms with Crippen molar-refractivity contribution < 1.29 is 0 Å². The fraction of sp³-hybridized carbons (Fsp3) is 0.556. The quantitative estimate of drug-likeness (QED) is 0.870. The zero-order chi connectivity index (χ0) is 8.97. The summed E-state index contributed by atoms with van der Waals surface area (Å²) in [6, 6.07) is 2.41. The molecule has 12 heavy (non-hydrogen) atoms. The third kappa shape index (κ3) is 2.88. The van der Waals surface area contributed by atoms with Crippen LogP contribution in [0.15, 0.2) is 15.9 Å². The second kappa shape index (κ2) is 5.00. The number of hydrogen-bond donors (Lipinski definition) is 1. The summed E-state index contributed by atoms with van der Waals surface area (Å²) in [6.45, 7) is 2.17. The first-order valence-corrected chi connectivity index (χ1v) is 5.88. The third-order valence-electron chi connectivity index (χ3n) is 1.80. The van der Waals surface area contributed by atoms with Gasteiger partial charge in [0.2, 0.25) is 0 Å². The first-order chi connectivity index (χ1) is 5.74. The van der Waals surface area contributed by atoms with E-state index in [1.807, 2.05) is 0 Å². The summed E-state index contributed by atoms with van der Waals surface area (Å²) in [5.41, 5.74) is 5.93. The minimum absolute atomic E-state index is 0.324. The highest BCUT2D eigenvalue weighted by Gasteiger charge is 2.06. The van der Waals surface area contributed by atoms with Gasteiger partial charge in [0.1, 0.15) is 0 Å². The van der Waals surface area contributed by atoms with E-state index in [2.05, 4.69) is 34.3 Å². The van der Waals surface area contributed by atoms with Gasteiger partial charge in [-0.3, -0.25) is 0 Å². The lowest BCUT2D eigenvalue weighted by molar-refractivity contribution is 0.604. The first kappa shape index (κ1) is 10.2. The van der Waals surface area contributed by atoms with Crippen molar-refractivity contribution in [2.24, 2.45) is 5.73 Å². The van der Waals surface area contributed by atoms with Crippen LogP contribution in [0.25, 0.3) is 0 Å². The second-order valence-electron chi connectivity index (χ2n) is 2.94. The van der Waals surface area contributed by atoms with Crippen LogP contribution in [0.1, 0.15) is 24.6 Å². The minimum Gasteiger partial charge on any atom is -0.327 e. The monoisotopic (exact) mass is 247 g/mol. The average molecular weight is 248 g/mol. The minimum atomic E-state index is 0.324. The van der Waals surface area contributed by atoms with Crippen LogP contribution in [0.3, 0.4) is 0 Å². The highest BCUT2D eigenvalue weighted by Crippen LogP contribution is 2.24. The maximum Gasteiger partial charge on any atom is 0.0314 e. The molecule has 0 aliphatic rings. The SMILES string of the molecule is CCCC(N)Cc1sccc1Br. The predicted octanol–water partition coefficient (Wildman–Crippen LogP) is 3.18. The van der Waals surface area contributed by atoms with Crippen LogP contribution in [0.2, 0.25) is 0 Å². The molecule has 0 saturated heterocycles. The molecule has 0 amide bonds. The molecule has 0 aliphatic heterocycles. The van der Waals surface area contributed by atoms with E-state index >= 15 is 0 Å². The van der Waals surface area contributed by atoms with Crippen molar-refractivity contribution in [1.82, 2.24) is 0 Å². The molecule has 1 nitrogen and oxygen atoms in total. The largest absolute Gasteiger partial charge is 0.327 e. The number of thiophene rings is 1. The van der Waals surface area contributed by atoms with Crippen molar-refractivity contribution in [2.75, 3.05) is 0 Å². The van der Waals surface area contributed by atoms with E-state index in [1.54, 1.807) is 11.3 Å². The normalized spacial score (nSPS) is 13.2. The number of rotatable bonds is 4. The Kier molecular flexibility index (Phi) is 4.26. The van der Waals surface area contributed by atoms with Crippen molar-refractivity contribution in [1.29, 1.82) is 0 Å². The summed E-state index contributed by atoms with van der Waals surface area (Å²) in [5.74, 6) is 0. The smallest absolute Gasteiger partial charge is 0.0314 e. The Labute approximate surface area is 86.1 Å². The summed E-state index contributed by atoms with van der Waals surface area (Å²) in [4.78, 5) is 1.37. The summed E-state index contributed by atoms with van der Waals surface area (Å²) in [5, 5.41) is 2.10. The van der Waals surface area contributed by atoms with Crippen LogP contribution in [0.5, 0.6) is 0 Å². The molecule has 1 aromatic heterocycles. The Hall–Kier alpha value is 0.140. The van der Waals surface area contributed by atoms with E-state index in [0.29, 0.717) is 6.04 Å². The van der Waals surface area contributed by atoms with Crippen LogP contribution in [0, 0.1) is 0 Å². The molecule has 1 unspecified atom stereocenters. The van der Waals surface area contributed by atoms with Gasteiger partial charge in [-0.15, -0.1) is 11.3 Å². The van der Waals surface area contributed by atoms with Gasteiger partial charge >= 0.3 is 0 Å². The molecule has 1 atom stereocenters. The van der Waals surface area contributed by atoms with Gasteiger partial charge in [-0.05, 0) is 40.2 Å². The molecule has 1 heterocycles. The van der Waals surface area contributed by atoms with Gasteiger partial charge in [-0.25, -0.2) is 0 Å². The van der Waals surface area contributed by atoms with Crippen molar-refractivity contribution >= 4 is 27.3 Å². The lowest BCUT2D eigenvalue weighted by atomic mass is 10.1. The summed E-state index contributed by atoms with van der Waals surface area (Å²) >= 11 is 5.28. The maximum atomic E-state index is 5.93. The Morgan fingerprint density at radius 3 is 2.92 bits per heavy atom. The Bertz CT molecular complexity index is 234. The Morgan fingerprint density at radius 2 is 2.42 bits per heavy atom. The molecule has 0 saturated carbocycles. The van der Waals surface area contributed by atoms with E-state index in [4.69, 9.17) is 5.73 Å². The molecule has 2 N–H and O–H groups in total. The number of halogens is 1. The zero-order valence-corrected chi connectivity index (χ0v) is 9.62. The molecule has 1 aromatic rings. The molecule has 0 radical (unpaired) electrons. The molecule has 0 spiro atoms. The van der Waals surface area contributed by atoms with E-state index in [9.17, 15) is 0 Å². The van der Waals surface area contributed by atoms with Gasteiger partial charge in [-0.1, -0.05) is 13.3 Å².